The van der Waals surface area contributed by atoms with Gasteiger partial charge in [0, 0.05) is 19.5 Å². The molecule has 0 aliphatic carbocycles. The molecule has 0 aromatic heterocycles. The van der Waals surface area contributed by atoms with Crippen LogP contribution >= 0.6 is 0 Å². The molecule has 0 aromatic rings. The van der Waals surface area contributed by atoms with Crippen LogP contribution in [0.3, 0.4) is 0 Å². The van der Waals surface area contributed by atoms with E-state index in [1.54, 1.807) is 6.92 Å². The van der Waals surface area contributed by atoms with Crippen LogP contribution in [0.25, 0.3) is 0 Å². The number of aliphatic carboxylic acids is 1. The van der Waals surface area contributed by atoms with Gasteiger partial charge in [-0.1, -0.05) is 0 Å². The number of esters is 1. The van der Waals surface area contributed by atoms with Crippen LogP contribution in [0.5, 0.6) is 0 Å². The van der Waals surface area contributed by atoms with Crippen molar-refractivity contribution in [1.82, 2.24) is 10.2 Å². The lowest BCUT2D eigenvalue weighted by Crippen LogP contribution is -2.51. The van der Waals surface area contributed by atoms with E-state index in [0.717, 1.165) is 0 Å². The number of rotatable bonds is 6. The van der Waals surface area contributed by atoms with Crippen molar-refractivity contribution in [2.45, 2.75) is 25.8 Å². The van der Waals surface area contributed by atoms with Gasteiger partial charge in [-0.25, -0.2) is 9.59 Å². The Balaban J connectivity index is 2.43. The molecule has 1 saturated heterocycles. The number of nitrogens with one attached hydrogen (secondary N) is 1. The molecule has 8 heteroatoms. The number of ether oxygens (including phenoxy) is 2. The number of hydrogen-bond donors (Lipinski definition) is 2. The molecule has 0 spiro atoms. The summed E-state index contributed by atoms with van der Waals surface area (Å²) in [7, 11) is 0. The molecule has 20 heavy (non-hydrogen) atoms. The van der Waals surface area contributed by atoms with Gasteiger partial charge in [0.2, 0.25) is 0 Å². The first-order chi connectivity index (χ1) is 9.54. The largest absolute Gasteiger partial charge is 0.480 e. The Hall–Kier alpha value is -1.83. The summed E-state index contributed by atoms with van der Waals surface area (Å²) in [4.78, 5) is 35.6. The lowest BCUT2D eigenvalue weighted by atomic mass is 10.1. The molecule has 1 aliphatic heterocycles. The van der Waals surface area contributed by atoms with Gasteiger partial charge in [0.25, 0.3) is 0 Å². The maximum absolute atomic E-state index is 11.9. The van der Waals surface area contributed by atoms with Crippen molar-refractivity contribution in [3.05, 3.63) is 0 Å². The Kier molecular flexibility index (Phi) is 6.78. The van der Waals surface area contributed by atoms with Crippen molar-refractivity contribution in [2.75, 3.05) is 32.9 Å². The minimum Gasteiger partial charge on any atom is -0.480 e. The fourth-order valence-corrected chi connectivity index (χ4v) is 1.76. The number of morpholine rings is 1. The number of nitrogens with zero attached hydrogens (tertiary/aromatic N) is 1. The van der Waals surface area contributed by atoms with Gasteiger partial charge in [0.1, 0.15) is 6.04 Å². The van der Waals surface area contributed by atoms with Gasteiger partial charge in [0.05, 0.1) is 19.8 Å². The molecular formula is C12H20N2O6. The van der Waals surface area contributed by atoms with E-state index in [9.17, 15) is 14.4 Å². The predicted octanol–water partition coefficient (Wildman–Crippen LogP) is -0.175. The van der Waals surface area contributed by atoms with E-state index in [0.29, 0.717) is 26.3 Å². The van der Waals surface area contributed by atoms with E-state index < -0.39 is 24.0 Å². The average Bonchev–Trinajstić information content (AvgIpc) is 2.44. The number of carboxylic acids is 1. The zero-order valence-electron chi connectivity index (χ0n) is 11.5. The second-order valence-corrected chi connectivity index (χ2v) is 4.28. The molecule has 0 radical (unpaired) electrons. The second-order valence-electron chi connectivity index (χ2n) is 4.28. The summed E-state index contributed by atoms with van der Waals surface area (Å²) in [5.74, 6) is -1.64. The first-order valence-electron chi connectivity index (χ1n) is 6.56. The zero-order valence-corrected chi connectivity index (χ0v) is 11.5. The number of amides is 2. The lowest BCUT2D eigenvalue weighted by Gasteiger charge is -2.28. The average molecular weight is 288 g/mol. The van der Waals surface area contributed by atoms with Gasteiger partial charge in [-0.05, 0) is 13.3 Å². The van der Waals surface area contributed by atoms with Crippen LogP contribution in [-0.2, 0) is 19.1 Å². The molecule has 2 N–H and O–H groups in total. The van der Waals surface area contributed by atoms with Crippen LogP contribution in [0.2, 0.25) is 0 Å². The number of urea groups is 1. The van der Waals surface area contributed by atoms with Crippen LogP contribution in [-0.4, -0.2) is 66.9 Å². The Morgan fingerprint density at radius 3 is 2.55 bits per heavy atom. The number of carboxylic acid groups (broad SMARTS) is 1. The monoisotopic (exact) mass is 288 g/mol. The highest BCUT2D eigenvalue weighted by Gasteiger charge is 2.25. The van der Waals surface area contributed by atoms with Gasteiger partial charge in [0.15, 0.2) is 0 Å². The minimum absolute atomic E-state index is 0.00421. The third kappa shape index (κ3) is 5.43. The quantitative estimate of drug-likeness (QED) is 0.657. The molecule has 114 valence electrons. The normalized spacial score (nSPS) is 16.4. The van der Waals surface area contributed by atoms with Crippen LogP contribution in [0, 0.1) is 0 Å². The zero-order chi connectivity index (χ0) is 15.0. The Bertz CT molecular complexity index is 354. The summed E-state index contributed by atoms with van der Waals surface area (Å²) < 4.78 is 9.83. The summed E-state index contributed by atoms with van der Waals surface area (Å²) in [6, 6.07) is -1.56. The van der Waals surface area contributed by atoms with E-state index >= 15 is 0 Å². The maximum atomic E-state index is 11.9. The first kappa shape index (κ1) is 16.2. The molecule has 1 fully saturated rings. The molecule has 8 nitrogen and oxygen atoms in total. The van der Waals surface area contributed by atoms with Gasteiger partial charge in [-0.3, -0.25) is 4.79 Å². The van der Waals surface area contributed by atoms with Crippen LogP contribution in [0.15, 0.2) is 0 Å². The summed E-state index contributed by atoms with van der Waals surface area (Å²) >= 11 is 0. The van der Waals surface area contributed by atoms with E-state index in [-0.39, 0.29) is 19.4 Å². The van der Waals surface area contributed by atoms with Crippen molar-refractivity contribution in [3.63, 3.8) is 0 Å². The lowest BCUT2D eigenvalue weighted by molar-refractivity contribution is -0.144. The predicted molar refractivity (Wildman–Crippen MR) is 68.2 cm³/mol. The SMILES string of the molecule is CCOC(=O)CC[C@H](NC(=O)N1CCOCC1)C(=O)O. The Morgan fingerprint density at radius 2 is 2.00 bits per heavy atom. The molecule has 1 heterocycles. The Morgan fingerprint density at radius 1 is 1.35 bits per heavy atom. The summed E-state index contributed by atoms with van der Waals surface area (Å²) in [5.41, 5.74) is 0. The van der Waals surface area contributed by atoms with E-state index in [1.165, 1.54) is 4.90 Å². The van der Waals surface area contributed by atoms with Gasteiger partial charge in [-0.15, -0.1) is 0 Å². The summed E-state index contributed by atoms with van der Waals surface area (Å²) in [6.45, 7) is 3.65. The number of hydrogen-bond acceptors (Lipinski definition) is 5. The first-order valence-corrected chi connectivity index (χ1v) is 6.56. The van der Waals surface area contributed by atoms with Gasteiger partial charge in [-0.2, -0.15) is 0 Å². The third-order valence-electron chi connectivity index (χ3n) is 2.84. The molecule has 0 unspecified atom stereocenters. The highest BCUT2D eigenvalue weighted by molar-refractivity contribution is 5.83. The van der Waals surface area contributed by atoms with Crippen LogP contribution in [0.4, 0.5) is 4.79 Å². The van der Waals surface area contributed by atoms with Crippen molar-refractivity contribution in [2.24, 2.45) is 0 Å². The molecule has 1 aliphatic rings. The fraction of sp³-hybridized carbons (Fsp3) is 0.750. The topological polar surface area (TPSA) is 105 Å². The van der Waals surface area contributed by atoms with Crippen molar-refractivity contribution < 1.29 is 29.0 Å². The smallest absolute Gasteiger partial charge is 0.326 e. The van der Waals surface area contributed by atoms with Gasteiger partial charge >= 0.3 is 18.0 Å². The summed E-state index contributed by atoms with van der Waals surface area (Å²) in [6.07, 6.45) is -0.0432. The molecule has 2 amide bonds. The fourth-order valence-electron chi connectivity index (χ4n) is 1.76. The molecule has 0 bridgehead atoms. The number of carbonyl (C=O) groups excluding carboxylic acids is 2. The highest BCUT2D eigenvalue weighted by Crippen LogP contribution is 2.03. The second kappa shape index (κ2) is 8.36. The summed E-state index contributed by atoms with van der Waals surface area (Å²) in [5, 5.41) is 11.5. The molecule has 1 atom stereocenters. The van der Waals surface area contributed by atoms with Gasteiger partial charge < -0.3 is 24.8 Å². The maximum Gasteiger partial charge on any atom is 0.326 e. The van der Waals surface area contributed by atoms with Crippen molar-refractivity contribution >= 4 is 18.0 Å². The van der Waals surface area contributed by atoms with Crippen molar-refractivity contribution in [3.8, 4) is 0 Å². The standard InChI is InChI=1S/C12H20N2O6/c1-2-20-10(15)4-3-9(11(16)17)13-12(18)14-5-7-19-8-6-14/h9H,2-8H2,1H3,(H,13,18)(H,16,17)/t9-/m0/s1. The van der Waals surface area contributed by atoms with E-state index in [2.05, 4.69) is 5.32 Å². The van der Waals surface area contributed by atoms with Crippen molar-refractivity contribution in [1.29, 1.82) is 0 Å². The third-order valence-corrected chi connectivity index (χ3v) is 2.84. The van der Waals surface area contributed by atoms with Crippen LogP contribution < -0.4 is 5.32 Å². The van der Waals surface area contributed by atoms with E-state index in [1.807, 2.05) is 0 Å². The van der Waals surface area contributed by atoms with E-state index in [4.69, 9.17) is 14.6 Å². The molecular weight excluding hydrogens is 268 g/mol. The molecule has 1 rings (SSSR count). The molecule has 0 aromatic carbocycles. The highest BCUT2D eigenvalue weighted by atomic mass is 16.5. The molecule has 0 saturated carbocycles. The number of carbonyl (C=O) groups is 3. The minimum atomic E-state index is -1.17. The van der Waals surface area contributed by atoms with Crippen LogP contribution in [0.1, 0.15) is 19.8 Å². The Labute approximate surface area is 117 Å².